The third-order valence-electron chi connectivity index (χ3n) is 15.8. The number of phosphoric acid groups is 6. The van der Waals surface area contributed by atoms with Gasteiger partial charge in [0.1, 0.15) is 45.7 Å². The van der Waals surface area contributed by atoms with E-state index in [1.165, 1.54) is 41.2 Å². The maximum Gasteiger partial charge on any atom is 0.490 e. The highest BCUT2D eigenvalue weighted by Gasteiger charge is 2.51. The second kappa shape index (κ2) is 33.0. The Balaban J connectivity index is 0.865. The normalized spacial score (nSPS) is 22.8. The molecule has 52 heteroatoms. The average molecular weight is 1650 g/mol. The van der Waals surface area contributed by atoms with E-state index in [-0.39, 0.29) is 87.5 Å². The van der Waals surface area contributed by atoms with Gasteiger partial charge in [0.15, 0.2) is 17.2 Å². The number of allylic oxidation sites excluding steroid dienone is 4. The summed E-state index contributed by atoms with van der Waals surface area (Å²) in [6.07, 6.45) is 5.24. The number of nitrogens with two attached hydrogens (primary N) is 1. The lowest BCUT2D eigenvalue weighted by molar-refractivity contribution is -0.437. The number of benzene rings is 2. The average Bonchev–Trinajstić information content (AvgIpc) is 1.58. The van der Waals surface area contributed by atoms with Crippen molar-refractivity contribution in [2.45, 2.75) is 137 Å². The molecule has 7 rings (SSSR count). The van der Waals surface area contributed by atoms with Gasteiger partial charge in [-0.05, 0) is 94.8 Å². The zero-order valence-corrected chi connectivity index (χ0v) is 62.5. The number of amides is 1. The van der Waals surface area contributed by atoms with Crippen LogP contribution >= 0.6 is 46.9 Å². The summed E-state index contributed by atoms with van der Waals surface area (Å²) < 4.78 is 249. The van der Waals surface area contributed by atoms with Crippen LogP contribution in [0.4, 0.5) is 17.2 Å². The van der Waals surface area contributed by atoms with Gasteiger partial charge in [-0.3, -0.25) is 32.1 Å². The first-order valence-electron chi connectivity index (χ1n) is 30.1. The van der Waals surface area contributed by atoms with Gasteiger partial charge in [0.05, 0.1) is 47.5 Å². The second-order valence-corrected chi connectivity index (χ2v) is 39.2. The number of nitrogen functional groups attached to an aromatic ring is 1. The third-order valence-corrected chi connectivity index (χ3v) is 28.3. The molecule has 1 amide bonds. The van der Waals surface area contributed by atoms with Crippen molar-refractivity contribution in [3.8, 4) is 0 Å². The number of carbonyl (C=O) groups excluding carboxylic acids is 1. The van der Waals surface area contributed by atoms with E-state index >= 15 is 0 Å². The second-order valence-electron chi connectivity index (χ2n) is 23.8. The Hall–Kier alpha value is -4.37. The van der Waals surface area contributed by atoms with Crippen molar-refractivity contribution in [2.75, 3.05) is 55.0 Å². The topological polar surface area (TPSA) is 643 Å². The van der Waals surface area contributed by atoms with Gasteiger partial charge in [-0.15, -0.1) is 0 Å². The quantitative estimate of drug-likeness (QED) is 0.0115. The van der Waals surface area contributed by atoms with Gasteiger partial charge >= 0.3 is 46.9 Å². The third kappa shape index (κ3) is 23.8. The summed E-state index contributed by atoms with van der Waals surface area (Å²) in [6, 6.07) is 7.63. The molecule has 1 saturated heterocycles. The first-order valence-corrected chi connectivity index (χ1v) is 45.2. The van der Waals surface area contributed by atoms with Crippen LogP contribution in [0.5, 0.6) is 0 Å². The van der Waals surface area contributed by atoms with E-state index in [1.807, 2.05) is 0 Å². The van der Waals surface area contributed by atoms with E-state index in [2.05, 4.69) is 50.9 Å². The molecule has 3 aliphatic heterocycles. The largest absolute Gasteiger partial charge is 0.744 e. The number of anilines is 2. The summed E-state index contributed by atoms with van der Waals surface area (Å²) in [6.45, 7) is 3.68. The molecule has 0 aliphatic carbocycles. The van der Waals surface area contributed by atoms with Crippen molar-refractivity contribution >= 4 is 127 Å². The van der Waals surface area contributed by atoms with Crippen LogP contribution in [-0.2, 0) is 119 Å². The molecule has 572 valence electrons. The number of fused-ring (bicyclic) bond motifs is 3. The molecule has 10 atom stereocenters. The van der Waals surface area contributed by atoms with Gasteiger partial charge in [-0.2, -0.15) is 51.4 Å². The summed E-state index contributed by atoms with van der Waals surface area (Å²) >= 11 is 0. The van der Waals surface area contributed by atoms with E-state index in [4.69, 9.17) is 10.5 Å². The number of unbranched alkanes of at least 4 members (excludes halogenated alkanes) is 5. The lowest BCUT2D eigenvalue weighted by Crippen LogP contribution is -2.30. The Morgan fingerprint density at radius 3 is 1.91 bits per heavy atom. The Kier molecular flexibility index (Phi) is 27.5. The van der Waals surface area contributed by atoms with Crippen molar-refractivity contribution in [2.24, 2.45) is 0 Å². The lowest BCUT2D eigenvalue weighted by atomic mass is 9.77. The standard InChI is InChI=1S/C50H74N8O34P6S4/c1-49(2)36-19-17-35(102(82,83)84)29-39(36)57(24-13-27-100(76,77)78)42(49)14-11-15-43-50(3,37-28-34(101(79,80)81)18-20-38(37)56(43)23-12-26-99(73,74)75)21-8-6-7-16-44(60)52-22-9-4-5-10-25-85-93(61,62)88-95(65,66)90-97(69,70)92-98(71,72)91-96(67,68)89-94(63,64)86-31-41-40(59)30-45(87-41)58-33-55-46-47(51)53-32-54-48(46)58/h11,14-15,17-20,28-29,32-33,40-41,45,59H,4-10,12-13,16,21-27,30-31H2,1-3H3,(H12-,51,52,53,54,60,61,62,63,64,65,66,67,68,69,70,71,72,73,74,75,76,77,78,79,80,81,82,83,84)/t40-,41+,45+,50?/m0/s1. The van der Waals surface area contributed by atoms with Crippen molar-refractivity contribution in [1.82, 2.24) is 24.8 Å². The molecule has 2 aromatic heterocycles. The zero-order chi connectivity index (χ0) is 76.1. The van der Waals surface area contributed by atoms with Crippen molar-refractivity contribution in [3.63, 3.8) is 0 Å². The van der Waals surface area contributed by atoms with Crippen LogP contribution in [0.15, 0.2) is 82.8 Å². The number of ether oxygens (including phenoxy) is 1. The molecule has 0 radical (unpaired) electrons. The summed E-state index contributed by atoms with van der Waals surface area (Å²) in [5.41, 5.74) is 6.72. The van der Waals surface area contributed by atoms with Gasteiger partial charge in [0.2, 0.25) is 11.6 Å². The van der Waals surface area contributed by atoms with E-state index < -0.39 is 151 Å². The number of imidazole rings is 1. The van der Waals surface area contributed by atoms with Crippen molar-refractivity contribution in [3.05, 3.63) is 84.1 Å². The summed E-state index contributed by atoms with van der Waals surface area (Å²) in [5.74, 6) is -1.67. The molecule has 3 aliphatic rings. The first kappa shape index (κ1) is 84.9. The van der Waals surface area contributed by atoms with Gasteiger partial charge in [-0.25, -0.2) is 50.8 Å². The highest BCUT2D eigenvalue weighted by Crippen LogP contribution is 2.75. The van der Waals surface area contributed by atoms with Gasteiger partial charge in [0, 0.05) is 66.9 Å². The number of nitrogens with one attached hydrogen (secondary N) is 1. The minimum absolute atomic E-state index is 0.0107. The van der Waals surface area contributed by atoms with Crippen molar-refractivity contribution in [1.29, 1.82) is 0 Å². The predicted molar refractivity (Wildman–Crippen MR) is 353 cm³/mol. The molecule has 42 nitrogen and oxygen atoms in total. The number of aliphatic hydroxyl groups is 1. The number of rotatable bonds is 40. The molecule has 0 bridgehead atoms. The van der Waals surface area contributed by atoms with Crippen LogP contribution < -0.4 is 16.0 Å². The number of aromatic nitrogens is 4. The van der Waals surface area contributed by atoms with E-state index in [1.54, 1.807) is 48.5 Å². The smallest absolute Gasteiger partial charge is 0.490 e. The highest BCUT2D eigenvalue weighted by molar-refractivity contribution is 7.86. The maximum atomic E-state index is 12.9. The van der Waals surface area contributed by atoms with Crippen LogP contribution in [0, 0.1) is 0 Å². The molecule has 2 aromatic carbocycles. The Labute approximate surface area is 583 Å². The fourth-order valence-corrected chi connectivity index (χ4v) is 21.2. The molecule has 1 fully saturated rings. The molecule has 4 aromatic rings. The number of aliphatic hydroxyl groups excluding tert-OH is 1. The molecule has 0 spiro atoms. The van der Waals surface area contributed by atoms with Crippen LogP contribution in [0.2, 0.25) is 0 Å². The summed E-state index contributed by atoms with van der Waals surface area (Å²) in [5, 5.41) is 13.2. The fourth-order valence-electron chi connectivity index (χ4n) is 11.4. The van der Waals surface area contributed by atoms with Crippen molar-refractivity contribution < 1.29 is 158 Å². The number of nitrogens with zero attached hydrogens (tertiary/aromatic N) is 6. The number of hydrogen-bond acceptors (Lipinski definition) is 30. The van der Waals surface area contributed by atoms with Crippen LogP contribution in [0.25, 0.3) is 11.2 Å². The minimum atomic E-state index is -6.56. The number of phosphoric ester groups is 2. The Morgan fingerprint density at radius 2 is 1.30 bits per heavy atom. The minimum Gasteiger partial charge on any atom is -0.744 e. The maximum absolute atomic E-state index is 12.9. The van der Waals surface area contributed by atoms with E-state index in [0.717, 1.165) is 12.4 Å². The zero-order valence-electron chi connectivity index (χ0n) is 53.9. The fraction of sp³-hybridized carbons (Fsp3) is 0.540. The summed E-state index contributed by atoms with van der Waals surface area (Å²) in [4.78, 5) is 85.1. The van der Waals surface area contributed by atoms with E-state index in [0.29, 0.717) is 66.0 Å². The SMILES string of the molecule is CC1(C)C(C=CC=C2N(CCCS(=O)(=O)O)c3ccc(S(=O)(=O)[O-])cc3C2(C)CCCCCC(=O)NCCCCCCOP(=O)(O)OP(=O)(O)OP(=O)(O)OP(=O)(O)OP(=O)(O)OP(=O)(O)OC[C@H]2O[C@@H](n3cnc4c(N)ncnc43)C[C@@H]2O)=[N+](CCCS(=O)(=O)O)c2cc(S(=O)(=O)O)ccc21. The molecule has 5 heterocycles. The molecule has 7 unspecified atom stereocenters. The molecule has 13 N–H and O–H groups in total. The highest BCUT2D eigenvalue weighted by atomic mass is 32.2. The van der Waals surface area contributed by atoms with Gasteiger partial charge < -0.3 is 59.7 Å². The Morgan fingerprint density at radius 1 is 0.725 bits per heavy atom. The molecular formula is C50H74N8O34P6S4. The van der Waals surface area contributed by atoms with Gasteiger partial charge in [0.25, 0.3) is 30.4 Å². The molecular weight excluding hydrogens is 1570 g/mol. The van der Waals surface area contributed by atoms with Gasteiger partial charge in [-0.1, -0.05) is 31.8 Å². The first-order chi connectivity index (χ1) is 46.8. The number of carbonyl (C=O) groups is 1. The van der Waals surface area contributed by atoms with E-state index in [9.17, 15) is 119 Å². The predicted octanol–water partition coefficient (Wildman–Crippen LogP) is 5.40. The molecule has 0 saturated carbocycles. The van der Waals surface area contributed by atoms with Crippen LogP contribution in [-0.4, -0.2) is 179 Å². The number of hydrogen-bond donors (Lipinski definition) is 12. The summed E-state index contributed by atoms with van der Waals surface area (Å²) in [7, 11) is -56.0. The molecule has 102 heavy (non-hydrogen) atoms. The monoisotopic (exact) mass is 1640 g/mol. The van der Waals surface area contributed by atoms with Crippen LogP contribution in [0.3, 0.4) is 0 Å². The van der Waals surface area contributed by atoms with Crippen LogP contribution in [0.1, 0.15) is 115 Å². The lowest BCUT2D eigenvalue weighted by Gasteiger charge is -2.30. The Bertz CT molecular complexity index is 4700.